The molecule has 0 fully saturated rings. The van der Waals surface area contributed by atoms with Gasteiger partial charge in [0, 0.05) is 23.5 Å². The van der Waals surface area contributed by atoms with Gasteiger partial charge in [0.05, 0.1) is 10.6 Å². The summed E-state index contributed by atoms with van der Waals surface area (Å²) in [6.45, 7) is 9.10. The molecule has 0 aliphatic carbocycles. The van der Waals surface area contributed by atoms with Crippen LogP contribution >= 0.6 is 11.6 Å². The number of sulfonamides is 1. The van der Waals surface area contributed by atoms with Crippen molar-refractivity contribution in [1.29, 1.82) is 0 Å². The van der Waals surface area contributed by atoms with Gasteiger partial charge in [-0.25, -0.2) is 8.42 Å². The SMILES string of the molecule is Cc1ccc(N(CC(=O)N(Cc2cccc(C)c2)[C@H](Cc2ccccc2)C(=O)NC(C)(C)C)S(=O)(=O)c2ccc(Cl)cc2)cc1. The summed E-state index contributed by atoms with van der Waals surface area (Å²) in [6.07, 6.45) is 0.245. The highest BCUT2D eigenvalue weighted by Crippen LogP contribution is 2.26. The van der Waals surface area contributed by atoms with Crippen molar-refractivity contribution >= 4 is 39.1 Å². The molecule has 9 heteroatoms. The van der Waals surface area contributed by atoms with Gasteiger partial charge in [0.2, 0.25) is 11.8 Å². The maximum absolute atomic E-state index is 14.5. The average molecular weight is 646 g/mol. The van der Waals surface area contributed by atoms with Gasteiger partial charge in [-0.1, -0.05) is 89.5 Å². The van der Waals surface area contributed by atoms with Crippen molar-refractivity contribution in [2.75, 3.05) is 10.8 Å². The maximum Gasteiger partial charge on any atom is 0.264 e. The van der Waals surface area contributed by atoms with E-state index in [1.807, 2.05) is 89.2 Å². The quantitative estimate of drug-likeness (QED) is 0.197. The monoisotopic (exact) mass is 645 g/mol. The number of carbonyl (C=O) groups excluding carboxylic acids is 2. The van der Waals surface area contributed by atoms with Crippen molar-refractivity contribution in [3.05, 3.63) is 130 Å². The van der Waals surface area contributed by atoms with Crippen molar-refractivity contribution in [2.45, 2.75) is 64.1 Å². The maximum atomic E-state index is 14.5. The van der Waals surface area contributed by atoms with Crippen LogP contribution in [0.2, 0.25) is 5.02 Å². The van der Waals surface area contributed by atoms with Gasteiger partial charge < -0.3 is 10.2 Å². The van der Waals surface area contributed by atoms with Crippen LogP contribution in [0.25, 0.3) is 0 Å². The van der Waals surface area contributed by atoms with Crippen LogP contribution in [0.5, 0.6) is 0 Å². The van der Waals surface area contributed by atoms with Crippen LogP contribution in [0.15, 0.2) is 108 Å². The van der Waals surface area contributed by atoms with Gasteiger partial charge in [-0.05, 0) is 82.1 Å². The summed E-state index contributed by atoms with van der Waals surface area (Å²) in [5.41, 5.74) is 3.42. The molecule has 0 aliphatic heterocycles. The van der Waals surface area contributed by atoms with Gasteiger partial charge in [0.25, 0.3) is 10.0 Å². The zero-order valence-corrected chi connectivity index (χ0v) is 27.9. The number of nitrogens with zero attached hydrogens (tertiary/aromatic N) is 2. The molecule has 7 nitrogen and oxygen atoms in total. The number of nitrogens with one attached hydrogen (secondary N) is 1. The van der Waals surface area contributed by atoms with Gasteiger partial charge in [-0.3, -0.25) is 13.9 Å². The van der Waals surface area contributed by atoms with Crippen LogP contribution in [0.3, 0.4) is 0 Å². The smallest absolute Gasteiger partial charge is 0.264 e. The molecule has 1 atom stereocenters. The number of amides is 2. The molecule has 236 valence electrons. The number of rotatable bonds is 11. The first-order valence-electron chi connectivity index (χ1n) is 14.8. The second-order valence-electron chi connectivity index (χ2n) is 12.3. The highest BCUT2D eigenvalue weighted by atomic mass is 35.5. The molecule has 0 spiro atoms. The third-order valence-electron chi connectivity index (χ3n) is 7.21. The normalized spacial score (nSPS) is 12.3. The predicted molar refractivity (Wildman–Crippen MR) is 181 cm³/mol. The second kappa shape index (κ2) is 14.3. The van der Waals surface area contributed by atoms with Gasteiger partial charge in [0.15, 0.2) is 0 Å². The van der Waals surface area contributed by atoms with Crippen molar-refractivity contribution in [3.8, 4) is 0 Å². The van der Waals surface area contributed by atoms with E-state index >= 15 is 0 Å². The molecule has 0 saturated carbocycles. The Labute approximate surface area is 271 Å². The van der Waals surface area contributed by atoms with Crippen molar-refractivity contribution in [2.24, 2.45) is 0 Å². The number of aryl methyl sites for hydroxylation is 2. The first-order chi connectivity index (χ1) is 21.2. The van der Waals surface area contributed by atoms with Gasteiger partial charge in [-0.2, -0.15) is 0 Å². The molecule has 1 N–H and O–H groups in total. The Kier molecular flexibility index (Phi) is 10.7. The lowest BCUT2D eigenvalue weighted by Gasteiger charge is -2.35. The first-order valence-corrected chi connectivity index (χ1v) is 16.6. The molecule has 45 heavy (non-hydrogen) atoms. The topological polar surface area (TPSA) is 86.8 Å². The van der Waals surface area contributed by atoms with Crippen molar-refractivity contribution in [1.82, 2.24) is 10.2 Å². The van der Waals surface area contributed by atoms with Crippen LogP contribution in [-0.4, -0.2) is 43.3 Å². The minimum atomic E-state index is -4.20. The van der Waals surface area contributed by atoms with E-state index in [1.54, 1.807) is 24.3 Å². The van der Waals surface area contributed by atoms with Crippen LogP contribution in [0.1, 0.15) is 43.0 Å². The van der Waals surface area contributed by atoms with E-state index in [4.69, 9.17) is 11.6 Å². The lowest BCUT2D eigenvalue weighted by Crippen LogP contribution is -2.56. The Bertz CT molecular complexity index is 1720. The van der Waals surface area contributed by atoms with E-state index in [0.717, 1.165) is 26.6 Å². The summed E-state index contributed by atoms with van der Waals surface area (Å²) in [4.78, 5) is 30.0. The highest BCUT2D eigenvalue weighted by molar-refractivity contribution is 7.92. The molecule has 2 amide bonds. The molecule has 4 aromatic carbocycles. The third-order valence-corrected chi connectivity index (χ3v) is 9.25. The van der Waals surface area contributed by atoms with E-state index in [1.165, 1.54) is 29.2 Å². The lowest BCUT2D eigenvalue weighted by atomic mass is 10.0. The fraction of sp³-hybridized carbons (Fsp3) is 0.278. The summed E-state index contributed by atoms with van der Waals surface area (Å²) in [6, 6.07) is 29.1. The van der Waals surface area contributed by atoms with Gasteiger partial charge >= 0.3 is 0 Å². The lowest BCUT2D eigenvalue weighted by molar-refractivity contribution is -0.140. The number of anilines is 1. The molecule has 0 radical (unpaired) electrons. The van der Waals surface area contributed by atoms with E-state index in [2.05, 4.69) is 5.32 Å². The largest absolute Gasteiger partial charge is 0.350 e. The van der Waals surface area contributed by atoms with E-state index in [0.29, 0.717) is 10.7 Å². The van der Waals surface area contributed by atoms with E-state index in [9.17, 15) is 18.0 Å². The summed E-state index contributed by atoms with van der Waals surface area (Å²) in [5, 5.41) is 3.44. The molecular formula is C36H40ClN3O4S. The Balaban J connectivity index is 1.81. The zero-order chi connectivity index (χ0) is 32.8. The Morgan fingerprint density at radius 1 is 0.800 bits per heavy atom. The van der Waals surface area contributed by atoms with Gasteiger partial charge in [0.1, 0.15) is 12.6 Å². The molecule has 0 unspecified atom stereocenters. The van der Waals surface area contributed by atoms with Crippen LogP contribution in [-0.2, 0) is 32.6 Å². The fourth-order valence-corrected chi connectivity index (χ4v) is 6.53. The van der Waals surface area contributed by atoms with Crippen molar-refractivity contribution in [3.63, 3.8) is 0 Å². The minimum absolute atomic E-state index is 0.00294. The van der Waals surface area contributed by atoms with E-state index in [-0.39, 0.29) is 23.8 Å². The summed E-state index contributed by atoms with van der Waals surface area (Å²) in [5.74, 6) is -0.839. The molecule has 4 rings (SSSR count). The average Bonchev–Trinajstić information content (AvgIpc) is 2.98. The number of halogens is 1. The van der Waals surface area contributed by atoms with E-state index < -0.39 is 34.1 Å². The molecule has 0 saturated heterocycles. The number of hydrogen-bond donors (Lipinski definition) is 1. The molecule has 4 aromatic rings. The molecule has 0 aliphatic rings. The first kappa shape index (κ1) is 33.7. The number of hydrogen-bond acceptors (Lipinski definition) is 4. The third kappa shape index (κ3) is 9.19. The molecule has 0 heterocycles. The zero-order valence-electron chi connectivity index (χ0n) is 26.3. The van der Waals surface area contributed by atoms with Crippen LogP contribution in [0, 0.1) is 13.8 Å². The second-order valence-corrected chi connectivity index (χ2v) is 14.6. The fourth-order valence-electron chi connectivity index (χ4n) is 4.99. The number of carbonyl (C=O) groups is 2. The Hall–Kier alpha value is -4.14. The van der Waals surface area contributed by atoms with Crippen LogP contribution in [0.4, 0.5) is 5.69 Å². The number of benzene rings is 4. The predicted octanol–water partition coefficient (Wildman–Crippen LogP) is 6.71. The Morgan fingerprint density at radius 3 is 2.02 bits per heavy atom. The van der Waals surface area contributed by atoms with Crippen molar-refractivity contribution < 1.29 is 18.0 Å². The standard InChI is InChI=1S/C36H40ClN3O4S/c1-26-14-18-31(19-15-26)40(45(43,44)32-20-16-30(37)17-21-32)25-34(41)39(24-29-13-9-10-27(2)22-29)33(35(42)38-36(3,4)5)23-28-11-7-6-8-12-28/h6-22,33H,23-25H2,1-5H3,(H,38,42)/t33-/m1/s1. The molecular weight excluding hydrogens is 606 g/mol. The summed E-state index contributed by atoms with van der Waals surface area (Å²) >= 11 is 6.06. The Morgan fingerprint density at radius 2 is 1.42 bits per heavy atom. The molecule has 0 bridgehead atoms. The molecule has 0 aromatic heterocycles. The summed E-state index contributed by atoms with van der Waals surface area (Å²) < 4.78 is 29.3. The van der Waals surface area contributed by atoms with Crippen LogP contribution < -0.4 is 9.62 Å². The highest BCUT2D eigenvalue weighted by Gasteiger charge is 2.35. The van der Waals surface area contributed by atoms with Gasteiger partial charge in [-0.15, -0.1) is 0 Å². The summed E-state index contributed by atoms with van der Waals surface area (Å²) in [7, 11) is -4.20. The minimum Gasteiger partial charge on any atom is -0.350 e.